The molecule has 0 radical (unpaired) electrons. The second-order valence-corrected chi connectivity index (χ2v) is 1.91. The lowest BCUT2D eigenvalue weighted by atomic mass is 10.8. The minimum atomic E-state index is -1.03. The van der Waals surface area contributed by atoms with Gasteiger partial charge in [0.05, 0.1) is 0 Å². The van der Waals surface area contributed by atoms with E-state index in [-0.39, 0.29) is 0 Å². The fourth-order valence-electron chi connectivity index (χ4n) is 0.648. The molecule has 1 aromatic heterocycles. The summed E-state index contributed by atoms with van der Waals surface area (Å²) in [6.07, 6.45) is 0. The van der Waals surface area contributed by atoms with Crippen molar-refractivity contribution >= 4 is 5.96 Å². The van der Waals surface area contributed by atoms with Gasteiger partial charge in [-0.3, -0.25) is 15.4 Å². The SMILES string of the molecule is N=C(N)n1c(=O)[nH]c(=O)[nH]c1=O. The van der Waals surface area contributed by atoms with Crippen molar-refractivity contribution in [2.24, 2.45) is 5.73 Å². The van der Waals surface area contributed by atoms with E-state index >= 15 is 0 Å². The Balaban J connectivity index is 3.73. The Bertz CT molecular complexity index is 442. The standard InChI is InChI=1S/C4H5N5O3/c5-1(6)9-3(11)7-2(10)8-4(9)12/h(H3,5,6)(H2,7,8,10,11,12). The number of nitrogens with one attached hydrogen (secondary N) is 3. The molecule has 1 heterocycles. The minimum Gasteiger partial charge on any atom is -0.369 e. The van der Waals surface area contributed by atoms with E-state index in [0.717, 1.165) is 0 Å². The van der Waals surface area contributed by atoms with Crippen molar-refractivity contribution in [3.63, 3.8) is 0 Å². The lowest BCUT2D eigenvalue weighted by molar-refractivity contribution is 0.804. The Kier molecular flexibility index (Phi) is 1.66. The Morgan fingerprint density at radius 2 is 1.67 bits per heavy atom. The summed E-state index contributed by atoms with van der Waals surface area (Å²) in [5.41, 5.74) is 1.88. The summed E-state index contributed by atoms with van der Waals surface area (Å²) in [7, 11) is 0. The van der Waals surface area contributed by atoms with Crippen molar-refractivity contribution in [2.45, 2.75) is 0 Å². The molecule has 1 aromatic rings. The molecule has 0 spiro atoms. The first kappa shape index (κ1) is 7.98. The normalized spacial score (nSPS) is 9.67. The van der Waals surface area contributed by atoms with Crippen LogP contribution in [0.25, 0.3) is 0 Å². The topological polar surface area (TPSA) is 138 Å². The first-order chi connectivity index (χ1) is 5.52. The van der Waals surface area contributed by atoms with Crippen molar-refractivity contribution in [2.75, 3.05) is 0 Å². The Morgan fingerprint density at radius 1 is 1.25 bits per heavy atom. The van der Waals surface area contributed by atoms with Crippen LogP contribution in [0, 0.1) is 5.41 Å². The second-order valence-electron chi connectivity index (χ2n) is 1.91. The van der Waals surface area contributed by atoms with Gasteiger partial charge >= 0.3 is 17.1 Å². The number of rotatable bonds is 0. The number of nitrogen functional groups attached to an aromatic ring is 1. The number of aromatic nitrogens is 3. The maximum absolute atomic E-state index is 10.8. The van der Waals surface area contributed by atoms with E-state index in [4.69, 9.17) is 11.1 Å². The van der Waals surface area contributed by atoms with E-state index in [1.807, 2.05) is 0 Å². The van der Waals surface area contributed by atoms with Gasteiger partial charge in [-0.1, -0.05) is 0 Å². The van der Waals surface area contributed by atoms with Crippen LogP contribution in [0.3, 0.4) is 0 Å². The molecular formula is C4H5N5O3. The number of nitrogens with two attached hydrogens (primary N) is 1. The number of nitrogens with zero attached hydrogens (tertiary/aromatic N) is 1. The zero-order valence-electron chi connectivity index (χ0n) is 5.75. The van der Waals surface area contributed by atoms with Crippen LogP contribution in [0.1, 0.15) is 0 Å². The third-order valence-corrected chi connectivity index (χ3v) is 1.09. The van der Waals surface area contributed by atoms with Gasteiger partial charge in [0, 0.05) is 0 Å². The van der Waals surface area contributed by atoms with Crippen molar-refractivity contribution in [1.29, 1.82) is 5.41 Å². The molecule has 8 heteroatoms. The lowest BCUT2D eigenvalue weighted by Crippen LogP contribution is -2.48. The molecule has 64 valence electrons. The van der Waals surface area contributed by atoms with Gasteiger partial charge in [-0.05, 0) is 0 Å². The third-order valence-electron chi connectivity index (χ3n) is 1.09. The number of hydrogen-bond acceptors (Lipinski definition) is 4. The molecule has 0 fully saturated rings. The van der Waals surface area contributed by atoms with E-state index in [0.29, 0.717) is 4.57 Å². The van der Waals surface area contributed by atoms with Crippen LogP contribution in [0.2, 0.25) is 0 Å². The summed E-state index contributed by atoms with van der Waals surface area (Å²) in [4.78, 5) is 35.5. The molecule has 0 bridgehead atoms. The predicted octanol–water partition coefficient (Wildman–Crippen LogP) is -3.03. The van der Waals surface area contributed by atoms with Gasteiger partial charge in [0.1, 0.15) is 0 Å². The zero-order valence-corrected chi connectivity index (χ0v) is 5.75. The molecule has 0 aliphatic rings. The van der Waals surface area contributed by atoms with Crippen molar-refractivity contribution in [3.8, 4) is 0 Å². The molecule has 0 amide bonds. The number of hydrogen-bond donors (Lipinski definition) is 4. The predicted molar refractivity (Wildman–Crippen MR) is 39.3 cm³/mol. The first-order valence-corrected chi connectivity index (χ1v) is 2.82. The van der Waals surface area contributed by atoms with Crippen molar-refractivity contribution < 1.29 is 0 Å². The second kappa shape index (κ2) is 2.49. The molecule has 0 saturated carbocycles. The highest BCUT2D eigenvalue weighted by molar-refractivity contribution is 5.76. The van der Waals surface area contributed by atoms with Gasteiger partial charge in [-0.15, -0.1) is 0 Å². The molecule has 0 aliphatic carbocycles. The smallest absolute Gasteiger partial charge is 0.340 e. The van der Waals surface area contributed by atoms with Gasteiger partial charge in [-0.2, -0.15) is 4.57 Å². The number of H-pyrrole nitrogens is 2. The molecule has 0 atom stereocenters. The molecule has 1 rings (SSSR count). The van der Waals surface area contributed by atoms with Crippen LogP contribution in [-0.2, 0) is 0 Å². The Hall–Kier alpha value is -2.12. The van der Waals surface area contributed by atoms with Crippen molar-refractivity contribution in [3.05, 3.63) is 31.5 Å². The van der Waals surface area contributed by atoms with E-state index in [1.165, 1.54) is 0 Å². The molecular weight excluding hydrogens is 166 g/mol. The highest BCUT2D eigenvalue weighted by atomic mass is 16.2. The van der Waals surface area contributed by atoms with Gasteiger partial charge in [0.2, 0.25) is 5.96 Å². The van der Waals surface area contributed by atoms with Crippen LogP contribution < -0.4 is 22.8 Å². The van der Waals surface area contributed by atoms with E-state index in [1.54, 1.807) is 9.97 Å². The van der Waals surface area contributed by atoms with E-state index < -0.39 is 23.0 Å². The van der Waals surface area contributed by atoms with Gasteiger partial charge < -0.3 is 5.73 Å². The van der Waals surface area contributed by atoms with Crippen molar-refractivity contribution in [1.82, 2.24) is 14.5 Å². The van der Waals surface area contributed by atoms with E-state index in [9.17, 15) is 14.4 Å². The summed E-state index contributed by atoms with van der Waals surface area (Å²) in [5, 5.41) is 6.79. The average molecular weight is 171 g/mol. The third kappa shape index (κ3) is 1.17. The summed E-state index contributed by atoms with van der Waals surface area (Å²) < 4.78 is 0.293. The Labute approximate surface area is 64.2 Å². The molecule has 0 saturated heterocycles. The highest BCUT2D eigenvalue weighted by Gasteiger charge is 2.03. The largest absolute Gasteiger partial charge is 0.369 e. The quantitative estimate of drug-likeness (QED) is 0.243. The fraction of sp³-hybridized carbons (Fsp3) is 0. The molecule has 5 N–H and O–H groups in total. The Morgan fingerprint density at radius 3 is 2.00 bits per heavy atom. The number of aromatic amines is 2. The summed E-state index contributed by atoms with van der Waals surface area (Å²) in [6.45, 7) is 0. The maximum Gasteiger partial charge on any atom is 0.340 e. The van der Waals surface area contributed by atoms with E-state index in [2.05, 4.69) is 0 Å². The van der Waals surface area contributed by atoms with Crippen LogP contribution in [-0.4, -0.2) is 20.5 Å². The zero-order chi connectivity index (χ0) is 9.30. The molecule has 0 aliphatic heterocycles. The average Bonchev–Trinajstić information content (AvgIpc) is 1.82. The van der Waals surface area contributed by atoms with Gasteiger partial charge in [0.25, 0.3) is 0 Å². The summed E-state index contributed by atoms with van der Waals surface area (Å²) >= 11 is 0. The molecule has 12 heavy (non-hydrogen) atoms. The van der Waals surface area contributed by atoms with Crippen LogP contribution >= 0.6 is 0 Å². The van der Waals surface area contributed by atoms with Gasteiger partial charge in [-0.25, -0.2) is 14.4 Å². The molecule has 8 nitrogen and oxygen atoms in total. The van der Waals surface area contributed by atoms with Crippen LogP contribution in [0.15, 0.2) is 14.4 Å². The van der Waals surface area contributed by atoms with Crippen LogP contribution in [0.5, 0.6) is 0 Å². The van der Waals surface area contributed by atoms with Crippen LogP contribution in [0.4, 0.5) is 0 Å². The first-order valence-electron chi connectivity index (χ1n) is 2.82. The fourth-order valence-corrected chi connectivity index (χ4v) is 0.648. The minimum absolute atomic E-state index is 0.293. The monoisotopic (exact) mass is 171 g/mol. The molecule has 0 unspecified atom stereocenters. The summed E-state index contributed by atoms with van der Waals surface area (Å²) in [6, 6.07) is 0. The molecule has 0 aromatic carbocycles. The highest BCUT2D eigenvalue weighted by Crippen LogP contribution is 1.54. The lowest BCUT2D eigenvalue weighted by Gasteiger charge is -1.96. The maximum atomic E-state index is 10.8. The summed E-state index contributed by atoms with van der Waals surface area (Å²) in [5.74, 6) is -0.752. The van der Waals surface area contributed by atoms with Gasteiger partial charge in [0.15, 0.2) is 0 Å².